The zero-order chi connectivity index (χ0) is 37.2. The molecule has 0 unspecified atom stereocenters. The van der Waals surface area contributed by atoms with Gasteiger partial charge in [-0.3, -0.25) is 9.98 Å². The Morgan fingerprint density at radius 3 is 1.04 bits per heavy atom. The standard InChI is InChI=1S/C28H32N2O2.2C8H10O.Ti/c1-27(2,3)21-11-13-25(31)19(15-21)17-29-23-9-7-8-10-24(23)30-18-20-16-22(28(4,5)6)12-14-26(20)32;2*1-6-4-3-5-7(2)8(6)9;/h7-18,31-32H,1-6H3;2*3-5,9H,1-2H3;/q;;;+4/p-4. The molecule has 0 fully saturated rings. The first-order valence-electron chi connectivity index (χ1n) is 16.6. The molecule has 0 atom stereocenters. The Hall–Kier alpha value is -4.65. The summed E-state index contributed by atoms with van der Waals surface area (Å²) < 4.78 is 0. The van der Waals surface area contributed by atoms with Gasteiger partial charge in [0, 0.05) is 12.4 Å². The van der Waals surface area contributed by atoms with Gasteiger partial charge in [-0.2, -0.15) is 0 Å². The van der Waals surface area contributed by atoms with Crippen LogP contribution in [0.4, 0.5) is 11.4 Å². The van der Waals surface area contributed by atoms with E-state index in [4.69, 9.17) is 0 Å². The fraction of sp³-hybridized carbons (Fsp3) is 0.273. The largest absolute Gasteiger partial charge is 4.00 e. The van der Waals surface area contributed by atoms with E-state index in [1.54, 1.807) is 24.6 Å². The van der Waals surface area contributed by atoms with Crippen LogP contribution in [0, 0.1) is 27.7 Å². The van der Waals surface area contributed by atoms with Gasteiger partial charge in [-0.05, 0) is 72.9 Å². The number of aliphatic imine (C=N–C) groups is 2. The molecule has 0 heterocycles. The van der Waals surface area contributed by atoms with Gasteiger partial charge in [0.1, 0.15) is 0 Å². The second-order valence-corrected chi connectivity index (χ2v) is 14.5. The number of benzene rings is 5. The summed E-state index contributed by atoms with van der Waals surface area (Å²) in [6.45, 7) is 20.0. The normalized spacial score (nSPS) is 11.3. The SMILES string of the molecule is CC(C)(C)c1ccc([O-])c(C=Nc2ccccc2N=Cc2cc(C(C)(C)C)ccc2[O-])c1.Cc1cccc(C)c1[O-].Cc1cccc(C)c1[O-].[Ti+4]. The third kappa shape index (κ3) is 12.6. The fourth-order valence-electron chi connectivity index (χ4n) is 4.79. The summed E-state index contributed by atoms with van der Waals surface area (Å²) in [4.78, 5) is 9.07. The van der Waals surface area contributed by atoms with Gasteiger partial charge in [0.2, 0.25) is 0 Å². The molecule has 51 heavy (non-hydrogen) atoms. The Balaban J connectivity index is 0.000000384. The molecule has 0 aliphatic rings. The zero-order valence-corrected chi connectivity index (χ0v) is 33.0. The molecule has 262 valence electrons. The third-order valence-electron chi connectivity index (χ3n) is 8.14. The minimum absolute atomic E-state index is 0. The van der Waals surface area contributed by atoms with E-state index in [0.717, 1.165) is 33.4 Å². The quantitative estimate of drug-likeness (QED) is 0.137. The van der Waals surface area contributed by atoms with E-state index in [1.165, 1.54) is 0 Å². The monoisotopic (exact) mass is 716 g/mol. The molecule has 0 amide bonds. The van der Waals surface area contributed by atoms with Crippen LogP contribution in [0.3, 0.4) is 0 Å². The number of hydrogen-bond acceptors (Lipinski definition) is 6. The van der Waals surface area contributed by atoms with Crippen molar-refractivity contribution in [2.45, 2.75) is 80.1 Å². The Morgan fingerprint density at radius 2 is 0.765 bits per heavy atom. The molecule has 5 aromatic carbocycles. The van der Waals surface area contributed by atoms with Crippen molar-refractivity contribution < 1.29 is 42.1 Å². The topological polar surface area (TPSA) is 117 Å². The summed E-state index contributed by atoms with van der Waals surface area (Å²) in [6, 6.07) is 29.2. The van der Waals surface area contributed by atoms with Gasteiger partial charge in [-0.15, -0.1) is 23.0 Å². The Kier molecular flexibility index (Phi) is 15.5. The van der Waals surface area contributed by atoms with Crippen molar-refractivity contribution in [3.8, 4) is 23.0 Å². The van der Waals surface area contributed by atoms with Crippen molar-refractivity contribution in [2.24, 2.45) is 9.98 Å². The van der Waals surface area contributed by atoms with Crippen LogP contribution in [0.1, 0.15) is 86.1 Å². The first kappa shape index (κ1) is 42.5. The van der Waals surface area contributed by atoms with Crippen LogP contribution in [0.15, 0.2) is 107 Å². The molecule has 0 bridgehead atoms. The van der Waals surface area contributed by atoms with Gasteiger partial charge in [-0.1, -0.05) is 149 Å². The molecule has 0 saturated carbocycles. The predicted octanol–water partition coefficient (Wildman–Crippen LogP) is 8.68. The molecule has 0 N–H and O–H groups in total. The molecule has 0 aromatic heterocycles. The summed E-state index contributed by atoms with van der Waals surface area (Å²) in [7, 11) is 0. The minimum atomic E-state index is -0.0716. The average molecular weight is 717 g/mol. The van der Waals surface area contributed by atoms with Crippen LogP contribution in [-0.4, -0.2) is 12.4 Å². The van der Waals surface area contributed by atoms with Crippen LogP contribution < -0.4 is 20.4 Å². The van der Waals surface area contributed by atoms with Crippen LogP contribution in [0.25, 0.3) is 0 Å². The Labute approximate surface area is 319 Å². The maximum atomic E-state index is 12.3. The summed E-state index contributed by atoms with van der Waals surface area (Å²) in [6.07, 6.45) is 3.18. The van der Waals surface area contributed by atoms with Gasteiger partial charge >= 0.3 is 21.7 Å². The van der Waals surface area contributed by atoms with Crippen molar-refractivity contribution in [3.63, 3.8) is 0 Å². The molecule has 5 aromatic rings. The van der Waals surface area contributed by atoms with Crippen molar-refractivity contribution in [3.05, 3.63) is 142 Å². The number of hydrogen-bond donors (Lipinski definition) is 0. The van der Waals surface area contributed by atoms with Gasteiger partial charge in [0.05, 0.1) is 11.4 Å². The van der Waals surface area contributed by atoms with Gasteiger partial charge < -0.3 is 20.4 Å². The molecule has 0 saturated heterocycles. The summed E-state index contributed by atoms with van der Waals surface area (Å²) >= 11 is 0. The molecule has 7 heteroatoms. The molecule has 0 aliphatic heterocycles. The second-order valence-electron chi connectivity index (χ2n) is 14.5. The smallest absolute Gasteiger partial charge is 0.872 e. The summed E-state index contributed by atoms with van der Waals surface area (Å²) in [5, 5.41) is 46.6. The Bertz CT molecular complexity index is 1790. The van der Waals surface area contributed by atoms with Crippen LogP contribution in [0.2, 0.25) is 0 Å². The van der Waals surface area contributed by atoms with Gasteiger partial charge in [-0.25, -0.2) is 0 Å². The van der Waals surface area contributed by atoms with Crippen molar-refractivity contribution in [1.82, 2.24) is 0 Å². The van der Waals surface area contributed by atoms with Crippen molar-refractivity contribution in [1.29, 1.82) is 0 Å². The van der Waals surface area contributed by atoms with Crippen molar-refractivity contribution >= 4 is 23.8 Å². The number of nitrogens with zero attached hydrogens (tertiary/aromatic N) is 2. The second kappa shape index (κ2) is 18.5. The van der Waals surface area contributed by atoms with Crippen LogP contribution >= 0.6 is 0 Å². The van der Waals surface area contributed by atoms with E-state index in [2.05, 4.69) is 51.5 Å². The maximum Gasteiger partial charge on any atom is 4.00 e. The first-order chi connectivity index (χ1) is 23.4. The fourth-order valence-corrected chi connectivity index (χ4v) is 4.79. The van der Waals surface area contributed by atoms with Gasteiger partial charge in [0.25, 0.3) is 0 Å². The maximum absolute atomic E-state index is 12.3. The molecular formula is C44H48N2O4Ti. The molecule has 0 radical (unpaired) electrons. The van der Waals surface area contributed by atoms with Crippen molar-refractivity contribution in [2.75, 3.05) is 0 Å². The predicted molar refractivity (Wildman–Crippen MR) is 201 cm³/mol. The van der Waals surface area contributed by atoms with Crippen LogP contribution in [0.5, 0.6) is 23.0 Å². The van der Waals surface area contributed by atoms with E-state index in [0.29, 0.717) is 22.5 Å². The number of para-hydroxylation sites is 4. The molecular weight excluding hydrogens is 668 g/mol. The van der Waals surface area contributed by atoms with E-state index in [9.17, 15) is 20.4 Å². The zero-order valence-electron chi connectivity index (χ0n) is 31.4. The van der Waals surface area contributed by atoms with E-state index < -0.39 is 0 Å². The number of aryl methyl sites for hydroxylation is 4. The summed E-state index contributed by atoms with van der Waals surface area (Å²) in [5.41, 5.74) is 7.68. The molecule has 5 rings (SSSR count). The van der Waals surface area contributed by atoms with E-state index >= 15 is 0 Å². The third-order valence-corrected chi connectivity index (χ3v) is 8.14. The van der Waals surface area contributed by atoms with Crippen LogP contribution in [-0.2, 0) is 32.5 Å². The number of rotatable bonds is 4. The summed E-state index contributed by atoms with van der Waals surface area (Å²) in [5.74, 6) is 0.186. The van der Waals surface area contributed by atoms with Gasteiger partial charge in [0.15, 0.2) is 0 Å². The molecule has 6 nitrogen and oxygen atoms in total. The first-order valence-corrected chi connectivity index (χ1v) is 16.6. The molecule has 0 aliphatic carbocycles. The minimum Gasteiger partial charge on any atom is -0.872 e. The Morgan fingerprint density at radius 1 is 0.451 bits per heavy atom. The molecule has 0 spiro atoms. The van der Waals surface area contributed by atoms with E-state index in [-0.39, 0.29) is 55.5 Å². The van der Waals surface area contributed by atoms with E-state index in [1.807, 2.05) is 113 Å². The average Bonchev–Trinajstić information content (AvgIpc) is 3.05.